The van der Waals surface area contributed by atoms with Crippen LogP contribution in [0.5, 0.6) is 11.5 Å². The van der Waals surface area contributed by atoms with Gasteiger partial charge in [0, 0.05) is 22.7 Å². The fourth-order valence-corrected chi connectivity index (χ4v) is 3.24. The Kier molecular flexibility index (Phi) is 5.98. The lowest BCUT2D eigenvalue weighted by Gasteiger charge is -2.12. The Balaban J connectivity index is 1.40. The number of hydrogen-bond donors (Lipinski definition) is 1. The molecule has 0 saturated heterocycles. The number of carbonyl (C=O) groups excluding carboxylic acids is 2. The third-order valence-corrected chi connectivity index (χ3v) is 4.86. The molecule has 1 N–H and O–H groups in total. The van der Waals surface area contributed by atoms with Gasteiger partial charge in [-0.3, -0.25) is 4.79 Å². The highest BCUT2D eigenvalue weighted by Crippen LogP contribution is 2.29. The minimum Gasteiger partial charge on any atom is -0.493 e. The van der Waals surface area contributed by atoms with Crippen molar-refractivity contribution in [2.75, 3.05) is 13.7 Å². The Hall–Kier alpha value is -4.06. The number of benzene rings is 3. The quantitative estimate of drug-likeness (QED) is 0.331. The maximum atomic E-state index is 12.5. The van der Waals surface area contributed by atoms with Crippen molar-refractivity contribution in [2.24, 2.45) is 0 Å². The average Bonchev–Trinajstić information content (AvgIpc) is 3.26. The number of ether oxygens (including phenoxy) is 3. The molecule has 4 aromatic rings. The van der Waals surface area contributed by atoms with Crippen molar-refractivity contribution in [3.05, 3.63) is 95.7 Å². The van der Waals surface area contributed by atoms with Gasteiger partial charge in [0.05, 0.1) is 12.7 Å². The second kappa shape index (κ2) is 9.17. The predicted octanol–water partition coefficient (Wildman–Crippen LogP) is 4.80. The number of rotatable bonds is 8. The molecule has 0 radical (unpaired) electrons. The normalized spacial score (nSPS) is 10.6. The summed E-state index contributed by atoms with van der Waals surface area (Å²) in [5, 5.41) is 0.796. The summed E-state index contributed by atoms with van der Waals surface area (Å²) in [4.78, 5) is 28.0. The Morgan fingerprint density at radius 1 is 0.903 bits per heavy atom. The highest BCUT2D eigenvalue weighted by atomic mass is 16.5. The molecule has 0 bridgehead atoms. The lowest BCUT2D eigenvalue weighted by molar-refractivity contribution is 0.0475. The van der Waals surface area contributed by atoms with Crippen LogP contribution in [0, 0.1) is 0 Å². The van der Waals surface area contributed by atoms with Gasteiger partial charge in [-0.25, -0.2) is 4.79 Å². The number of hydrogen-bond acceptors (Lipinski definition) is 5. The van der Waals surface area contributed by atoms with Crippen molar-refractivity contribution < 1.29 is 23.8 Å². The largest absolute Gasteiger partial charge is 0.493 e. The summed E-state index contributed by atoms with van der Waals surface area (Å²) in [6.45, 7) is 0.0232. The van der Waals surface area contributed by atoms with Gasteiger partial charge in [0.15, 0.2) is 18.1 Å². The predicted molar refractivity (Wildman–Crippen MR) is 117 cm³/mol. The van der Waals surface area contributed by atoms with E-state index in [-0.39, 0.29) is 18.0 Å². The molecule has 1 heterocycles. The molecule has 0 unspecified atom stereocenters. The van der Waals surface area contributed by atoms with Crippen molar-refractivity contribution in [3.8, 4) is 11.5 Å². The van der Waals surface area contributed by atoms with Gasteiger partial charge in [-0.15, -0.1) is 0 Å². The van der Waals surface area contributed by atoms with Crippen LogP contribution in [0.15, 0.2) is 79.0 Å². The average molecular weight is 415 g/mol. The van der Waals surface area contributed by atoms with E-state index in [0.717, 1.165) is 16.5 Å². The topological polar surface area (TPSA) is 77.6 Å². The minimum absolute atomic E-state index is 0.274. The summed E-state index contributed by atoms with van der Waals surface area (Å²) < 4.78 is 16.4. The second-order valence-corrected chi connectivity index (χ2v) is 6.89. The first-order valence-electron chi connectivity index (χ1n) is 9.77. The third kappa shape index (κ3) is 4.59. The summed E-state index contributed by atoms with van der Waals surface area (Å²) in [7, 11) is 1.50. The maximum Gasteiger partial charge on any atom is 0.338 e. The molecular weight excluding hydrogens is 394 g/mol. The molecule has 1 aromatic heterocycles. The first-order chi connectivity index (χ1) is 15.2. The third-order valence-electron chi connectivity index (χ3n) is 4.86. The van der Waals surface area contributed by atoms with Gasteiger partial charge in [0.2, 0.25) is 5.78 Å². The molecule has 31 heavy (non-hydrogen) atoms. The zero-order chi connectivity index (χ0) is 21.6. The van der Waals surface area contributed by atoms with Gasteiger partial charge in [0.1, 0.15) is 6.61 Å². The van der Waals surface area contributed by atoms with E-state index in [1.54, 1.807) is 24.4 Å². The van der Waals surface area contributed by atoms with E-state index in [9.17, 15) is 9.59 Å². The molecule has 0 aliphatic carbocycles. The summed E-state index contributed by atoms with van der Waals surface area (Å²) >= 11 is 0. The van der Waals surface area contributed by atoms with Gasteiger partial charge < -0.3 is 19.2 Å². The number of H-pyrrole nitrogens is 1. The number of methoxy groups -OCH3 is 1. The Labute approximate surface area is 179 Å². The molecule has 156 valence electrons. The number of aromatic nitrogens is 1. The molecule has 0 spiro atoms. The van der Waals surface area contributed by atoms with Crippen molar-refractivity contribution >= 4 is 22.7 Å². The van der Waals surface area contributed by atoms with Crippen LogP contribution >= 0.6 is 0 Å². The van der Waals surface area contributed by atoms with Crippen LogP contribution in [0.1, 0.15) is 26.3 Å². The molecule has 0 fully saturated rings. The monoisotopic (exact) mass is 415 g/mol. The fourth-order valence-electron chi connectivity index (χ4n) is 3.24. The first-order valence-corrected chi connectivity index (χ1v) is 9.77. The first kappa shape index (κ1) is 20.2. The van der Waals surface area contributed by atoms with E-state index < -0.39 is 5.97 Å². The van der Waals surface area contributed by atoms with Crippen molar-refractivity contribution in [3.63, 3.8) is 0 Å². The summed E-state index contributed by atoms with van der Waals surface area (Å²) in [5.41, 5.74) is 2.64. The van der Waals surface area contributed by atoms with E-state index in [0.29, 0.717) is 23.7 Å². The molecular formula is C25H21NO5. The number of nitrogens with one attached hydrogen (secondary N) is 1. The molecule has 0 saturated carbocycles. The molecule has 0 atom stereocenters. The smallest absolute Gasteiger partial charge is 0.338 e. The van der Waals surface area contributed by atoms with Crippen molar-refractivity contribution in [1.29, 1.82) is 0 Å². The minimum atomic E-state index is -0.610. The Morgan fingerprint density at radius 3 is 2.48 bits per heavy atom. The number of aromatic amines is 1. The molecule has 0 amide bonds. The standard InChI is InChI=1S/C25H21NO5/c1-29-24-13-18(11-12-23(24)30-15-17-7-3-2-4-8-17)25(28)31-16-22(27)20-14-26-21-10-6-5-9-19(20)21/h2-14,26H,15-16H2,1H3. The van der Waals surface area contributed by atoms with Crippen LogP contribution in [-0.4, -0.2) is 30.5 Å². The Bertz CT molecular complexity index is 1210. The summed E-state index contributed by atoms with van der Waals surface area (Å²) in [5.74, 6) is 0.0350. The van der Waals surface area contributed by atoms with Crippen LogP contribution in [0.25, 0.3) is 10.9 Å². The maximum absolute atomic E-state index is 12.5. The zero-order valence-corrected chi connectivity index (χ0v) is 17.0. The van der Waals surface area contributed by atoms with E-state index in [2.05, 4.69) is 4.98 Å². The zero-order valence-electron chi connectivity index (χ0n) is 17.0. The highest BCUT2D eigenvalue weighted by molar-refractivity contribution is 6.09. The molecule has 6 nitrogen and oxygen atoms in total. The SMILES string of the molecule is COc1cc(C(=O)OCC(=O)c2c[nH]c3ccccc23)ccc1OCc1ccccc1. The number of ketones is 1. The fraction of sp³-hybridized carbons (Fsp3) is 0.120. The highest BCUT2D eigenvalue weighted by Gasteiger charge is 2.17. The Morgan fingerprint density at radius 2 is 1.68 bits per heavy atom. The van der Waals surface area contributed by atoms with Crippen LogP contribution in [-0.2, 0) is 11.3 Å². The number of carbonyl (C=O) groups is 2. The number of para-hydroxylation sites is 1. The van der Waals surface area contributed by atoms with E-state index in [1.807, 2.05) is 54.6 Å². The van der Waals surface area contributed by atoms with Gasteiger partial charge >= 0.3 is 5.97 Å². The van der Waals surface area contributed by atoms with Crippen LogP contribution in [0.3, 0.4) is 0 Å². The summed E-state index contributed by atoms with van der Waals surface area (Å²) in [6.07, 6.45) is 1.63. The molecule has 3 aromatic carbocycles. The number of fused-ring (bicyclic) bond motifs is 1. The van der Waals surface area contributed by atoms with Gasteiger partial charge in [0.25, 0.3) is 0 Å². The van der Waals surface area contributed by atoms with Gasteiger partial charge in [-0.1, -0.05) is 48.5 Å². The van der Waals surface area contributed by atoms with E-state index in [1.165, 1.54) is 7.11 Å². The van der Waals surface area contributed by atoms with Crippen molar-refractivity contribution in [1.82, 2.24) is 4.98 Å². The molecule has 4 rings (SSSR count). The lowest BCUT2D eigenvalue weighted by atomic mass is 10.1. The van der Waals surface area contributed by atoms with Gasteiger partial charge in [-0.05, 0) is 29.8 Å². The van der Waals surface area contributed by atoms with Crippen molar-refractivity contribution in [2.45, 2.75) is 6.61 Å². The second-order valence-electron chi connectivity index (χ2n) is 6.89. The molecule has 6 heteroatoms. The van der Waals surface area contributed by atoms with Crippen LogP contribution in [0.2, 0.25) is 0 Å². The summed E-state index contributed by atoms with van der Waals surface area (Å²) in [6, 6.07) is 22.0. The van der Waals surface area contributed by atoms with Crippen LogP contribution in [0.4, 0.5) is 0 Å². The van der Waals surface area contributed by atoms with E-state index in [4.69, 9.17) is 14.2 Å². The lowest BCUT2D eigenvalue weighted by Crippen LogP contribution is -2.14. The van der Waals surface area contributed by atoms with Crippen LogP contribution < -0.4 is 9.47 Å². The van der Waals surface area contributed by atoms with Gasteiger partial charge in [-0.2, -0.15) is 0 Å². The molecule has 0 aliphatic heterocycles. The molecule has 0 aliphatic rings. The number of esters is 1. The van der Waals surface area contributed by atoms with E-state index >= 15 is 0 Å². The number of Topliss-reactive ketones (excluding diaryl/α,β-unsaturated/α-hetero) is 1.